The Bertz CT molecular complexity index is 236. The quantitative estimate of drug-likeness (QED) is 0.365. The lowest BCUT2D eigenvalue weighted by Gasteiger charge is -2.03. The van der Waals surface area contributed by atoms with Gasteiger partial charge in [0.25, 0.3) is 0 Å². The summed E-state index contributed by atoms with van der Waals surface area (Å²) in [5.74, 6) is -0.860. The molecule has 0 aromatic heterocycles. The summed E-state index contributed by atoms with van der Waals surface area (Å²) in [5.41, 5.74) is 0.336. The lowest BCUT2D eigenvalue weighted by Crippen LogP contribution is -1.98. The van der Waals surface area contributed by atoms with Crippen LogP contribution in [0.5, 0.6) is 0 Å². The molecule has 0 bridgehead atoms. The molecule has 19 heavy (non-hydrogen) atoms. The molecule has 0 fully saturated rings. The molecule has 0 aromatic rings. The van der Waals surface area contributed by atoms with Crippen molar-refractivity contribution >= 4 is 5.97 Å². The minimum absolute atomic E-state index is 0.328. The predicted octanol–water partition coefficient (Wildman–Crippen LogP) is 4.30. The van der Waals surface area contributed by atoms with Crippen molar-refractivity contribution in [3.63, 3.8) is 0 Å². The third-order valence-electron chi connectivity index (χ3n) is 3.44. The largest absolute Gasteiger partial charge is 0.478 e. The molecular weight excluding hydrogens is 240 g/mol. The van der Waals surface area contributed by atoms with Gasteiger partial charge in [-0.25, -0.2) is 4.79 Å². The van der Waals surface area contributed by atoms with E-state index in [-0.39, 0.29) is 0 Å². The number of carboxylic acid groups (broad SMARTS) is 1. The highest BCUT2D eigenvalue weighted by Gasteiger charge is 2.02. The highest BCUT2D eigenvalue weighted by Crippen LogP contribution is 2.13. The first-order chi connectivity index (χ1) is 9.18. The van der Waals surface area contributed by atoms with E-state index in [9.17, 15) is 4.79 Å². The van der Waals surface area contributed by atoms with E-state index >= 15 is 0 Å². The second-order valence-electron chi connectivity index (χ2n) is 5.27. The van der Waals surface area contributed by atoms with Crippen molar-refractivity contribution in [3.8, 4) is 0 Å². The van der Waals surface area contributed by atoms with Gasteiger partial charge in [-0.3, -0.25) is 0 Å². The number of unbranched alkanes of at least 4 members (excludes halogenated alkanes) is 10. The maximum absolute atomic E-state index is 10.5. The molecule has 0 aliphatic rings. The van der Waals surface area contributed by atoms with E-state index < -0.39 is 5.97 Å². The van der Waals surface area contributed by atoms with Gasteiger partial charge in [0.15, 0.2) is 0 Å². The van der Waals surface area contributed by atoms with E-state index in [0.29, 0.717) is 18.6 Å². The summed E-state index contributed by atoms with van der Waals surface area (Å²) in [5, 5.41) is 17.3. The molecule has 0 heterocycles. The fourth-order valence-electron chi connectivity index (χ4n) is 2.15. The molecular formula is C16H30O3. The maximum atomic E-state index is 10.5. The molecule has 2 N–H and O–H groups in total. The highest BCUT2D eigenvalue weighted by molar-refractivity contribution is 5.85. The molecule has 0 aliphatic carbocycles. The van der Waals surface area contributed by atoms with Crippen LogP contribution in [0.1, 0.15) is 77.0 Å². The van der Waals surface area contributed by atoms with Gasteiger partial charge in [-0.2, -0.15) is 0 Å². The van der Waals surface area contributed by atoms with Crippen molar-refractivity contribution in [3.05, 3.63) is 12.2 Å². The van der Waals surface area contributed by atoms with Crippen LogP contribution in [0.15, 0.2) is 12.2 Å². The van der Waals surface area contributed by atoms with Crippen LogP contribution in [0.2, 0.25) is 0 Å². The summed E-state index contributed by atoms with van der Waals surface area (Å²) >= 11 is 0. The summed E-state index contributed by atoms with van der Waals surface area (Å²) in [6.07, 6.45) is 13.7. The van der Waals surface area contributed by atoms with Crippen LogP contribution in [0.4, 0.5) is 0 Å². The zero-order chi connectivity index (χ0) is 14.3. The molecule has 0 aromatic carbocycles. The first kappa shape index (κ1) is 18.2. The standard InChI is InChI=1S/C16H30O3/c1-15(16(18)19)13-11-9-7-5-3-2-4-6-8-10-12-14-17/h17H,1-14H2,(H,18,19). The van der Waals surface area contributed by atoms with E-state index in [0.717, 1.165) is 25.7 Å². The number of carboxylic acids is 1. The Hall–Kier alpha value is -0.830. The Labute approximate surface area is 117 Å². The van der Waals surface area contributed by atoms with Crippen LogP contribution in [0, 0.1) is 0 Å². The van der Waals surface area contributed by atoms with E-state index in [4.69, 9.17) is 10.2 Å². The van der Waals surface area contributed by atoms with Gasteiger partial charge in [-0.05, 0) is 19.3 Å². The average Bonchev–Trinajstić information content (AvgIpc) is 2.39. The number of carbonyl (C=O) groups is 1. The van der Waals surface area contributed by atoms with Crippen LogP contribution in [0.3, 0.4) is 0 Å². The van der Waals surface area contributed by atoms with Gasteiger partial charge in [-0.15, -0.1) is 0 Å². The first-order valence-electron chi connectivity index (χ1n) is 7.70. The normalized spacial score (nSPS) is 10.6. The summed E-state index contributed by atoms with van der Waals surface area (Å²) < 4.78 is 0. The molecule has 0 aliphatic heterocycles. The molecule has 0 saturated carbocycles. The fraction of sp³-hybridized carbons (Fsp3) is 0.812. The minimum Gasteiger partial charge on any atom is -0.478 e. The van der Waals surface area contributed by atoms with E-state index in [2.05, 4.69) is 6.58 Å². The molecule has 0 spiro atoms. The first-order valence-corrected chi connectivity index (χ1v) is 7.70. The summed E-state index contributed by atoms with van der Waals surface area (Å²) in [4.78, 5) is 10.5. The van der Waals surface area contributed by atoms with Crippen LogP contribution in [-0.2, 0) is 4.79 Å². The summed E-state index contributed by atoms with van der Waals surface area (Å²) in [6.45, 7) is 3.86. The third kappa shape index (κ3) is 13.4. The molecule has 0 rings (SSSR count). The molecule has 0 atom stereocenters. The van der Waals surface area contributed by atoms with Crippen LogP contribution in [-0.4, -0.2) is 22.8 Å². The predicted molar refractivity (Wildman–Crippen MR) is 79.3 cm³/mol. The Morgan fingerprint density at radius 2 is 1.11 bits per heavy atom. The lowest BCUT2D eigenvalue weighted by molar-refractivity contribution is -0.132. The van der Waals surface area contributed by atoms with E-state index in [1.165, 1.54) is 44.9 Å². The third-order valence-corrected chi connectivity index (χ3v) is 3.44. The SMILES string of the molecule is C=C(CCCCCCCCCCCCCO)C(=O)O. The maximum Gasteiger partial charge on any atom is 0.330 e. The van der Waals surface area contributed by atoms with Crippen molar-refractivity contribution in [2.24, 2.45) is 0 Å². The topological polar surface area (TPSA) is 57.5 Å². The minimum atomic E-state index is -0.860. The number of hydrogen-bond acceptors (Lipinski definition) is 2. The van der Waals surface area contributed by atoms with Gasteiger partial charge in [0.05, 0.1) is 0 Å². The van der Waals surface area contributed by atoms with Crippen molar-refractivity contribution in [1.82, 2.24) is 0 Å². The monoisotopic (exact) mass is 270 g/mol. The lowest BCUT2D eigenvalue weighted by atomic mass is 10.0. The number of aliphatic carboxylic acids is 1. The van der Waals surface area contributed by atoms with Crippen molar-refractivity contribution in [2.75, 3.05) is 6.61 Å². The van der Waals surface area contributed by atoms with Crippen LogP contribution < -0.4 is 0 Å². The van der Waals surface area contributed by atoms with Gasteiger partial charge < -0.3 is 10.2 Å². The van der Waals surface area contributed by atoms with E-state index in [1.54, 1.807) is 0 Å². The number of rotatable bonds is 14. The van der Waals surface area contributed by atoms with Crippen LogP contribution >= 0.6 is 0 Å². The molecule has 0 saturated heterocycles. The Kier molecular flexibility index (Phi) is 13.0. The van der Waals surface area contributed by atoms with Gasteiger partial charge in [0.2, 0.25) is 0 Å². The number of aliphatic hydroxyl groups is 1. The Morgan fingerprint density at radius 1 is 0.737 bits per heavy atom. The van der Waals surface area contributed by atoms with Crippen LogP contribution in [0.25, 0.3) is 0 Å². The van der Waals surface area contributed by atoms with Gasteiger partial charge in [0.1, 0.15) is 0 Å². The van der Waals surface area contributed by atoms with Gasteiger partial charge >= 0.3 is 5.97 Å². The zero-order valence-electron chi connectivity index (χ0n) is 12.2. The molecule has 0 amide bonds. The Balaban J connectivity index is 3.07. The van der Waals surface area contributed by atoms with Crippen molar-refractivity contribution in [1.29, 1.82) is 0 Å². The molecule has 0 unspecified atom stereocenters. The molecule has 3 heteroatoms. The highest BCUT2D eigenvalue weighted by atomic mass is 16.4. The van der Waals surface area contributed by atoms with Gasteiger partial charge in [0, 0.05) is 12.2 Å². The number of hydrogen-bond donors (Lipinski definition) is 2. The van der Waals surface area contributed by atoms with Crippen molar-refractivity contribution < 1.29 is 15.0 Å². The Morgan fingerprint density at radius 3 is 1.47 bits per heavy atom. The molecule has 112 valence electrons. The molecule has 3 nitrogen and oxygen atoms in total. The zero-order valence-corrected chi connectivity index (χ0v) is 12.2. The summed E-state index contributed by atoms with van der Waals surface area (Å²) in [6, 6.07) is 0. The smallest absolute Gasteiger partial charge is 0.330 e. The second kappa shape index (κ2) is 13.6. The average molecular weight is 270 g/mol. The summed E-state index contributed by atoms with van der Waals surface area (Å²) in [7, 11) is 0. The number of aliphatic hydroxyl groups excluding tert-OH is 1. The fourth-order valence-corrected chi connectivity index (χ4v) is 2.15. The van der Waals surface area contributed by atoms with E-state index in [1.807, 2.05) is 0 Å². The molecule has 0 radical (unpaired) electrons. The van der Waals surface area contributed by atoms with Crippen molar-refractivity contribution in [2.45, 2.75) is 77.0 Å². The second-order valence-corrected chi connectivity index (χ2v) is 5.27. The van der Waals surface area contributed by atoms with Gasteiger partial charge in [-0.1, -0.05) is 64.4 Å².